The van der Waals surface area contributed by atoms with Crippen molar-refractivity contribution in [3.8, 4) is 0 Å². The Kier molecular flexibility index (Phi) is 4.48. The monoisotopic (exact) mass is 358 g/mol. The second-order valence-electron chi connectivity index (χ2n) is 6.81. The number of aromatic nitrogens is 1. The molecule has 2 aliphatic heterocycles. The summed E-state index contributed by atoms with van der Waals surface area (Å²) in [6.07, 6.45) is 5.67. The molecule has 0 amide bonds. The summed E-state index contributed by atoms with van der Waals surface area (Å²) in [5, 5.41) is 0. The molecule has 0 bridgehead atoms. The minimum absolute atomic E-state index is 0.357. The Balaban J connectivity index is 1.53. The molecule has 0 atom stereocenters. The van der Waals surface area contributed by atoms with Crippen molar-refractivity contribution in [2.24, 2.45) is 0 Å². The molecule has 6 heteroatoms. The first-order valence-electron chi connectivity index (χ1n) is 8.98. The largest absolute Gasteiger partial charge is 0.274 e. The molecule has 1 aromatic heterocycles. The number of piperidine rings is 1. The Morgan fingerprint density at radius 2 is 1.64 bits per heavy atom. The van der Waals surface area contributed by atoms with E-state index >= 15 is 0 Å². The van der Waals surface area contributed by atoms with Gasteiger partial charge in [-0.2, -0.15) is 4.31 Å². The molecule has 1 N–H and O–H groups in total. The molecule has 3 heterocycles. The van der Waals surface area contributed by atoms with Gasteiger partial charge in [-0.15, -0.1) is 0 Å². The van der Waals surface area contributed by atoms with Crippen LogP contribution in [0.5, 0.6) is 0 Å². The number of hydrogen-bond acceptors (Lipinski definition) is 3. The number of rotatable bonds is 3. The van der Waals surface area contributed by atoms with E-state index in [0.29, 0.717) is 18.0 Å². The molecular formula is C19H24N3O2S+. The Morgan fingerprint density at radius 3 is 2.36 bits per heavy atom. The number of fused-ring (bicyclic) bond motifs is 1. The van der Waals surface area contributed by atoms with Crippen molar-refractivity contribution >= 4 is 15.8 Å². The van der Waals surface area contributed by atoms with Crippen molar-refractivity contribution in [2.75, 3.05) is 24.5 Å². The maximum atomic E-state index is 12.7. The number of pyridine rings is 1. The fraction of sp³-hybridized carbons (Fsp3) is 0.421. The lowest BCUT2D eigenvalue weighted by molar-refractivity contribution is -0.367. The SMILES string of the molecule is O=S(=O)(c1ccc(N2CCc3ccccc3C2)[nH+]c1)N1CCCCC1. The fourth-order valence-corrected chi connectivity index (χ4v) is 5.20. The first-order valence-corrected chi connectivity index (χ1v) is 10.4. The van der Waals surface area contributed by atoms with Crippen LogP contribution in [0.4, 0.5) is 5.82 Å². The Labute approximate surface area is 149 Å². The summed E-state index contributed by atoms with van der Waals surface area (Å²) in [4.78, 5) is 5.82. The van der Waals surface area contributed by atoms with Gasteiger partial charge in [0.2, 0.25) is 10.0 Å². The van der Waals surface area contributed by atoms with Crippen LogP contribution in [0.25, 0.3) is 0 Å². The van der Waals surface area contributed by atoms with Gasteiger partial charge in [0.15, 0.2) is 0 Å². The number of hydrogen-bond donors (Lipinski definition) is 0. The van der Waals surface area contributed by atoms with Crippen molar-refractivity contribution in [2.45, 2.75) is 37.1 Å². The van der Waals surface area contributed by atoms with Crippen molar-refractivity contribution in [3.63, 3.8) is 0 Å². The summed E-state index contributed by atoms with van der Waals surface area (Å²) >= 11 is 0. The molecule has 0 unspecified atom stereocenters. The molecule has 0 spiro atoms. The highest BCUT2D eigenvalue weighted by molar-refractivity contribution is 7.89. The lowest BCUT2D eigenvalue weighted by atomic mass is 10.00. The molecule has 1 fully saturated rings. The van der Waals surface area contributed by atoms with E-state index in [1.54, 1.807) is 16.6 Å². The molecular weight excluding hydrogens is 334 g/mol. The number of nitrogens with one attached hydrogen (secondary N) is 1. The van der Waals surface area contributed by atoms with Crippen LogP contribution in [0, 0.1) is 0 Å². The van der Waals surface area contributed by atoms with Crippen LogP contribution in [0.15, 0.2) is 47.5 Å². The van der Waals surface area contributed by atoms with Gasteiger partial charge >= 0.3 is 0 Å². The molecule has 5 nitrogen and oxygen atoms in total. The third kappa shape index (κ3) is 3.28. The van der Waals surface area contributed by atoms with Crippen molar-refractivity contribution < 1.29 is 13.4 Å². The number of nitrogens with zero attached hydrogens (tertiary/aromatic N) is 2. The van der Waals surface area contributed by atoms with Gasteiger partial charge < -0.3 is 0 Å². The average Bonchev–Trinajstić information content (AvgIpc) is 2.68. The normalized spacial score (nSPS) is 18.8. The van der Waals surface area contributed by atoms with Gasteiger partial charge in [-0.3, -0.25) is 4.90 Å². The molecule has 2 aliphatic rings. The highest BCUT2D eigenvalue weighted by Gasteiger charge is 2.28. The number of H-pyrrole nitrogens is 1. The lowest BCUT2D eigenvalue weighted by Crippen LogP contribution is -2.37. The van der Waals surface area contributed by atoms with Crippen LogP contribution in [-0.2, 0) is 23.0 Å². The summed E-state index contributed by atoms with van der Waals surface area (Å²) in [6, 6.07) is 12.1. The molecule has 0 radical (unpaired) electrons. The van der Waals surface area contributed by atoms with Gasteiger partial charge in [-0.25, -0.2) is 13.4 Å². The van der Waals surface area contributed by atoms with Crippen LogP contribution in [0.3, 0.4) is 0 Å². The zero-order valence-electron chi connectivity index (χ0n) is 14.3. The van der Waals surface area contributed by atoms with Crippen molar-refractivity contribution in [1.29, 1.82) is 0 Å². The topological polar surface area (TPSA) is 54.8 Å². The van der Waals surface area contributed by atoms with Crippen LogP contribution < -0.4 is 9.88 Å². The Morgan fingerprint density at radius 1 is 0.880 bits per heavy atom. The van der Waals surface area contributed by atoms with Crippen molar-refractivity contribution in [3.05, 3.63) is 53.7 Å². The number of benzene rings is 1. The molecule has 0 saturated carbocycles. The summed E-state index contributed by atoms with van der Waals surface area (Å²) in [5.41, 5.74) is 2.75. The summed E-state index contributed by atoms with van der Waals surface area (Å²) in [7, 11) is -3.37. The second kappa shape index (κ2) is 6.77. The summed E-state index contributed by atoms with van der Waals surface area (Å²) in [6.45, 7) is 3.05. The molecule has 0 aliphatic carbocycles. The maximum absolute atomic E-state index is 12.7. The third-order valence-corrected chi connectivity index (χ3v) is 7.09. The maximum Gasteiger partial charge on any atom is 0.274 e. The average molecular weight is 358 g/mol. The molecule has 1 saturated heterocycles. The first-order chi connectivity index (χ1) is 12.1. The van der Waals surface area contributed by atoms with E-state index in [-0.39, 0.29) is 0 Å². The van der Waals surface area contributed by atoms with Crippen LogP contribution >= 0.6 is 0 Å². The quantitative estimate of drug-likeness (QED) is 0.845. The zero-order chi connectivity index (χ0) is 17.3. The molecule has 2 aromatic rings. The van der Waals surface area contributed by atoms with Gasteiger partial charge in [-0.05, 0) is 30.0 Å². The highest BCUT2D eigenvalue weighted by Crippen LogP contribution is 2.23. The van der Waals surface area contributed by atoms with Gasteiger partial charge in [0.25, 0.3) is 5.82 Å². The van der Waals surface area contributed by atoms with E-state index in [1.807, 2.05) is 6.07 Å². The van der Waals surface area contributed by atoms with E-state index in [4.69, 9.17) is 0 Å². The van der Waals surface area contributed by atoms with Gasteiger partial charge in [0.05, 0.1) is 6.54 Å². The minimum atomic E-state index is -3.37. The predicted molar refractivity (Wildman–Crippen MR) is 96.8 cm³/mol. The molecule has 132 valence electrons. The number of anilines is 1. The summed E-state index contributed by atoms with van der Waals surface area (Å²) in [5.74, 6) is 0.965. The molecule has 1 aromatic carbocycles. The fourth-order valence-electron chi connectivity index (χ4n) is 3.72. The van der Waals surface area contributed by atoms with E-state index in [9.17, 15) is 8.42 Å². The van der Waals surface area contributed by atoms with E-state index in [1.165, 1.54) is 11.1 Å². The number of sulfonamides is 1. The van der Waals surface area contributed by atoms with Gasteiger partial charge in [-0.1, -0.05) is 30.7 Å². The van der Waals surface area contributed by atoms with Crippen LogP contribution in [0.1, 0.15) is 30.4 Å². The number of aromatic amines is 1. The van der Waals surface area contributed by atoms with E-state index < -0.39 is 10.0 Å². The smallest absolute Gasteiger partial charge is 0.257 e. The molecule has 25 heavy (non-hydrogen) atoms. The first kappa shape index (κ1) is 16.5. The Bertz CT molecular complexity index is 843. The van der Waals surface area contributed by atoms with E-state index in [2.05, 4.69) is 34.1 Å². The van der Waals surface area contributed by atoms with Crippen LogP contribution in [0.2, 0.25) is 0 Å². The van der Waals surface area contributed by atoms with Crippen molar-refractivity contribution in [1.82, 2.24) is 4.31 Å². The van der Waals surface area contributed by atoms with E-state index in [0.717, 1.165) is 44.6 Å². The lowest BCUT2D eigenvalue weighted by Gasteiger charge is -2.26. The van der Waals surface area contributed by atoms with Crippen LogP contribution in [-0.4, -0.2) is 32.4 Å². The molecule has 4 rings (SSSR count). The van der Waals surface area contributed by atoms with Gasteiger partial charge in [0.1, 0.15) is 17.6 Å². The highest BCUT2D eigenvalue weighted by atomic mass is 32.2. The standard InChI is InChI=1S/C19H23N3O2S/c23-25(24,22-11-4-1-5-12-22)18-8-9-19(20-14-18)21-13-10-16-6-2-3-7-17(16)15-21/h2-3,6-9,14H,1,4-5,10-13,15H2/p+1. The third-order valence-electron chi connectivity index (χ3n) is 5.19. The summed E-state index contributed by atoms with van der Waals surface area (Å²) < 4.78 is 27.1. The Hall–Kier alpha value is -1.92. The minimum Gasteiger partial charge on any atom is -0.257 e. The second-order valence-corrected chi connectivity index (χ2v) is 8.75. The van der Waals surface area contributed by atoms with Gasteiger partial charge in [0, 0.05) is 25.6 Å². The zero-order valence-corrected chi connectivity index (χ0v) is 15.1. The predicted octanol–water partition coefficient (Wildman–Crippen LogP) is 2.24.